The Labute approximate surface area is 160 Å². The molecular formula is C19H29N3O5. The third-order valence-corrected chi connectivity index (χ3v) is 3.70. The molecule has 0 aliphatic rings. The average molecular weight is 379 g/mol. The summed E-state index contributed by atoms with van der Waals surface area (Å²) in [6.45, 7) is 6.67. The van der Waals surface area contributed by atoms with Gasteiger partial charge in [0.15, 0.2) is 0 Å². The van der Waals surface area contributed by atoms with Gasteiger partial charge < -0.3 is 25.4 Å². The summed E-state index contributed by atoms with van der Waals surface area (Å²) in [7, 11) is 1.80. The standard InChI is InChI=1S/C19H29N3O5/c1-13-9-16(11-27-15(3)23)10-14(2)19(13)22-17(24)5-6-21-18(25)12-26-8-7-20-4/h9-10,20H,5-8,11-12H2,1-4H3,(H,21,25)(H,22,24). The molecule has 2 amide bonds. The minimum Gasteiger partial charge on any atom is -0.461 e. The maximum absolute atomic E-state index is 12.1. The topological polar surface area (TPSA) is 106 Å². The van der Waals surface area contributed by atoms with Crippen molar-refractivity contribution in [3.05, 3.63) is 28.8 Å². The molecule has 0 saturated heterocycles. The number of rotatable bonds is 11. The van der Waals surface area contributed by atoms with Gasteiger partial charge in [0.05, 0.1) is 6.61 Å². The monoisotopic (exact) mass is 379 g/mol. The van der Waals surface area contributed by atoms with Crippen LogP contribution in [0.25, 0.3) is 0 Å². The minimum atomic E-state index is -0.336. The summed E-state index contributed by atoms with van der Waals surface area (Å²) in [5.41, 5.74) is 3.36. The van der Waals surface area contributed by atoms with Gasteiger partial charge in [0.2, 0.25) is 11.8 Å². The van der Waals surface area contributed by atoms with Gasteiger partial charge in [0, 0.05) is 32.1 Å². The number of aryl methyl sites for hydroxylation is 2. The third kappa shape index (κ3) is 9.16. The van der Waals surface area contributed by atoms with Crippen LogP contribution in [0.4, 0.5) is 5.69 Å². The predicted molar refractivity (Wildman–Crippen MR) is 102 cm³/mol. The van der Waals surface area contributed by atoms with Crippen molar-refractivity contribution in [2.45, 2.75) is 33.8 Å². The summed E-state index contributed by atoms with van der Waals surface area (Å²) in [5.74, 6) is -0.774. The number of nitrogens with one attached hydrogen (secondary N) is 3. The van der Waals surface area contributed by atoms with Crippen LogP contribution in [0, 0.1) is 13.8 Å². The molecule has 8 nitrogen and oxygen atoms in total. The Morgan fingerprint density at radius 2 is 1.70 bits per heavy atom. The van der Waals surface area contributed by atoms with E-state index < -0.39 is 0 Å². The molecule has 0 atom stereocenters. The first-order valence-electron chi connectivity index (χ1n) is 8.85. The highest BCUT2D eigenvalue weighted by molar-refractivity contribution is 5.92. The normalized spacial score (nSPS) is 10.4. The summed E-state index contributed by atoms with van der Waals surface area (Å²) in [6, 6.07) is 3.74. The minimum absolute atomic E-state index is 0.0225. The van der Waals surface area contributed by atoms with Gasteiger partial charge in [-0.25, -0.2) is 0 Å². The number of hydrogen-bond acceptors (Lipinski definition) is 6. The van der Waals surface area contributed by atoms with E-state index in [9.17, 15) is 14.4 Å². The molecule has 1 aromatic rings. The molecule has 1 aromatic carbocycles. The molecule has 27 heavy (non-hydrogen) atoms. The Morgan fingerprint density at radius 1 is 1.04 bits per heavy atom. The Balaban J connectivity index is 2.43. The van der Waals surface area contributed by atoms with Gasteiger partial charge in [-0.15, -0.1) is 0 Å². The van der Waals surface area contributed by atoms with Crippen LogP contribution < -0.4 is 16.0 Å². The van der Waals surface area contributed by atoms with E-state index in [4.69, 9.17) is 9.47 Å². The van der Waals surface area contributed by atoms with Crippen molar-refractivity contribution in [3.63, 3.8) is 0 Å². The summed E-state index contributed by atoms with van der Waals surface area (Å²) >= 11 is 0. The molecule has 0 unspecified atom stereocenters. The maximum atomic E-state index is 12.1. The Kier molecular flexibility index (Phi) is 10.1. The smallest absolute Gasteiger partial charge is 0.302 e. The van der Waals surface area contributed by atoms with Crippen molar-refractivity contribution in [3.8, 4) is 0 Å². The number of amides is 2. The molecule has 0 radical (unpaired) electrons. The van der Waals surface area contributed by atoms with Crippen LogP contribution in [0.2, 0.25) is 0 Å². The van der Waals surface area contributed by atoms with E-state index in [0.29, 0.717) is 13.2 Å². The number of anilines is 1. The van der Waals surface area contributed by atoms with Gasteiger partial charge in [0.25, 0.3) is 0 Å². The lowest BCUT2D eigenvalue weighted by Gasteiger charge is -2.14. The van der Waals surface area contributed by atoms with Crippen LogP contribution in [0.1, 0.15) is 30.0 Å². The van der Waals surface area contributed by atoms with E-state index in [1.165, 1.54) is 6.92 Å². The van der Waals surface area contributed by atoms with E-state index >= 15 is 0 Å². The largest absolute Gasteiger partial charge is 0.461 e. The zero-order valence-corrected chi connectivity index (χ0v) is 16.4. The predicted octanol–water partition coefficient (Wildman–Crippen LogP) is 1.05. The second kappa shape index (κ2) is 12.0. The maximum Gasteiger partial charge on any atom is 0.302 e. The summed E-state index contributed by atoms with van der Waals surface area (Å²) in [6.07, 6.45) is 0.163. The first-order valence-corrected chi connectivity index (χ1v) is 8.85. The summed E-state index contributed by atoms with van der Waals surface area (Å²) in [4.78, 5) is 34.6. The first kappa shape index (κ1) is 22.6. The van der Waals surface area contributed by atoms with Crippen LogP contribution in [0.3, 0.4) is 0 Å². The molecule has 0 aliphatic carbocycles. The molecule has 0 spiro atoms. The number of carbonyl (C=O) groups is 3. The van der Waals surface area contributed by atoms with Crippen molar-refractivity contribution in [2.24, 2.45) is 0 Å². The fourth-order valence-electron chi connectivity index (χ4n) is 2.43. The third-order valence-electron chi connectivity index (χ3n) is 3.70. The highest BCUT2D eigenvalue weighted by atomic mass is 16.5. The lowest BCUT2D eigenvalue weighted by Crippen LogP contribution is -2.31. The van der Waals surface area contributed by atoms with Crippen LogP contribution in [-0.2, 0) is 30.5 Å². The van der Waals surface area contributed by atoms with Crippen LogP contribution in [-0.4, -0.2) is 51.1 Å². The molecule has 0 saturated carbocycles. The molecule has 8 heteroatoms. The zero-order chi connectivity index (χ0) is 20.2. The van der Waals surface area contributed by atoms with Gasteiger partial charge in [0.1, 0.15) is 13.2 Å². The highest BCUT2D eigenvalue weighted by Gasteiger charge is 2.10. The quantitative estimate of drug-likeness (QED) is 0.392. The van der Waals surface area contributed by atoms with Crippen molar-refractivity contribution in [2.75, 3.05) is 38.7 Å². The number of hydrogen-bond donors (Lipinski definition) is 3. The summed E-state index contributed by atoms with van der Waals surface area (Å²) in [5, 5.41) is 8.43. The molecular weight excluding hydrogens is 350 g/mol. The number of benzene rings is 1. The molecule has 0 bridgehead atoms. The number of ether oxygens (including phenoxy) is 2. The van der Waals surface area contributed by atoms with E-state index in [-0.39, 0.29) is 44.0 Å². The second-order valence-electron chi connectivity index (χ2n) is 6.19. The van der Waals surface area contributed by atoms with Gasteiger partial charge in [-0.1, -0.05) is 12.1 Å². The lowest BCUT2D eigenvalue weighted by molar-refractivity contribution is -0.142. The fraction of sp³-hybridized carbons (Fsp3) is 0.526. The highest BCUT2D eigenvalue weighted by Crippen LogP contribution is 2.23. The Bertz CT molecular complexity index is 638. The molecule has 3 N–H and O–H groups in total. The lowest BCUT2D eigenvalue weighted by atomic mass is 10.0. The van der Waals surface area contributed by atoms with Crippen molar-refractivity contribution >= 4 is 23.5 Å². The zero-order valence-electron chi connectivity index (χ0n) is 16.4. The second-order valence-corrected chi connectivity index (χ2v) is 6.19. The molecule has 0 aliphatic heterocycles. The molecule has 0 heterocycles. The molecule has 1 rings (SSSR count). The Hall–Kier alpha value is -2.45. The van der Waals surface area contributed by atoms with Crippen LogP contribution >= 0.6 is 0 Å². The molecule has 0 fully saturated rings. The SMILES string of the molecule is CNCCOCC(=O)NCCC(=O)Nc1c(C)cc(COC(C)=O)cc1C. The molecule has 150 valence electrons. The van der Waals surface area contributed by atoms with Crippen molar-refractivity contribution in [1.29, 1.82) is 0 Å². The van der Waals surface area contributed by atoms with E-state index in [0.717, 1.165) is 22.4 Å². The van der Waals surface area contributed by atoms with Gasteiger partial charge in [-0.3, -0.25) is 14.4 Å². The van der Waals surface area contributed by atoms with E-state index in [1.54, 1.807) is 7.05 Å². The van der Waals surface area contributed by atoms with Gasteiger partial charge in [-0.05, 0) is 37.6 Å². The number of carbonyl (C=O) groups excluding carboxylic acids is 3. The van der Waals surface area contributed by atoms with E-state index in [1.807, 2.05) is 26.0 Å². The average Bonchev–Trinajstić information content (AvgIpc) is 2.60. The van der Waals surface area contributed by atoms with Crippen LogP contribution in [0.15, 0.2) is 12.1 Å². The van der Waals surface area contributed by atoms with Gasteiger partial charge >= 0.3 is 5.97 Å². The van der Waals surface area contributed by atoms with Crippen molar-refractivity contribution < 1.29 is 23.9 Å². The van der Waals surface area contributed by atoms with Crippen molar-refractivity contribution in [1.82, 2.24) is 10.6 Å². The van der Waals surface area contributed by atoms with Crippen LogP contribution in [0.5, 0.6) is 0 Å². The fourth-order valence-corrected chi connectivity index (χ4v) is 2.43. The Morgan fingerprint density at radius 3 is 2.30 bits per heavy atom. The van der Waals surface area contributed by atoms with Gasteiger partial charge in [-0.2, -0.15) is 0 Å². The summed E-state index contributed by atoms with van der Waals surface area (Å²) < 4.78 is 10.2. The number of likely N-dealkylation sites (N-methyl/N-ethyl adjacent to an activating group) is 1. The van der Waals surface area contributed by atoms with E-state index in [2.05, 4.69) is 16.0 Å². The molecule has 0 aromatic heterocycles. The number of esters is 1. The first-order chi connectivity index (χ1) is 12.8.